The minimum absolute atomic E-state index is 0.239. The molecule has 0 saturated carbocycles. The summed E-state index contributed by atoms with van der Waals surface area (Å²) in [7, 11) is 0. The highest BCUT2D eigenvalue weighted by atomic mass is 16.2. The van der Waals surface area contributed by atoms with Crippen molar-refractivity contribution >= 4 is 29.3 Å². The molecule has 1 heterocycles. The van der Waals surface area contributed by atoms with Crippen LogP contribution in [0.25, 0.3) is 0 Å². The maximum atomic E-state index is 11.4. The molecule has 0 N–H and O–H groups in total. The summed E-state index contributed by atoms with van der Waals surface area (Å²) in [5.74, 6) is -0.892. The van der Waals surface area contributed by atoms with Crippen LogP contribution in [-0.4, -0.2) is 17.9 Å². The minimum atomic E-state index is -0.446. The third-order valence-electron chi connectivity index (χ3n) is 2.10. The molecule has 0 radical (unpaired) electrons. The molecule has 5 heteroatoms. The first-order chi connectivity index (χ1) is 7.74. The highest BCUT2D eigenvalue weighted by Gasteiger charge is 2.26. The molecule has 0 aliphatic carbocycles. The molecule has 0 spiro atoms. The second-order valence-corrected chi connectivity index (χ2v) is 3.04. The van der Waals surface area contributed by atoms with E-state index in [0.717, 1.165) is 4.90 Å². The first kappa shape index (κ1) is 10.0. The standard InChI is InChI=1S/C11H6N2O3/c14-7-12-8-3-1-2-4-9(8)13-10(15)5-6-11(13)16/h1-6H. The van der Waals surface area contributed by atoms with Crippen molar-refractivity contribution in [3.8, 4) is 0 Å². The Labute approximate surface area is 90.7 Å². The van der Waals surface area contributed by atoms with Gasteiger partial charge in [0.25, 0.3) is 11.8 Å². The van der Waals surface area contributed by atoms with Crippen molar-refractivity contribution in [2.75, 3.05) is 4.90 Å². The number of carbonyl (C=O) groups is 2. The Morgan fingerprint density at radius 1 is 1.06 bits per heavy atom. The second-order valence-electron chi connectivity index (χ2n) is 3.04. The molecule has 0 fully saturated rings. The predicted octanol–water partition coefficient (Wildman–Crippen LogP) is 1.08. The predicted molar refractivity (Wildman–Crippen MR) is 55.9 cm³/mol. The summed E-state index contributed by atoms with van der Waals surface area (Å²) in [6, 6.07) is 6.37. The number of isocyanates is 1. The lowest BCUT2D eigenvalue weighted by Gasteiger charge is -2.14. The molecule has 2 rings (SSSR count). The quantitative estimate of drug-likeness (QED) is 0.420. The number of benzene rings is 1. The van der Waals surface area contributed by atoms with Gasteiger partial charge in [0, 0.05) is 12.2 Å². The first-order valence-corrected chi connectivity index (χ1v) is 4.47. The minimum Gasteiger partial charge on any atom is -0.269 e. The number of para-hydroxylation sites is 2. The zero-order valence-electron chi connectivity index (χ0n) is 8.08. The van der Waals surface area contributed by atoms with Crippen LogP contribution in [-0.2, 0) is 14.4 Å². The highest BCUT2D eigenvalue weighted by molar-refractivity contribution is 6.29. The van der Waals surface area contributed by atoms with Gasteiger partial charge in [0.05, 0.1) is 5.69 Å². The fourth-order valence-corrected chi connectivity index (χ4v) is 1.43. The third kappa shape index (κ3) is 1.55. The second kappa shape index (κ2) is 3.92. The number of carbonyl (C=O) groups excluding carboxylic acids is 3. The molecule has 1 aliphatic rings. The Bertz CT molecular complexity index is 524. The average Bonchev–Trinajstić information content (AvgIpc) is 2.60. The molecule has 1 aliphatic heterocycles. The van der Waals surface area contributed by atoms with E-state index in [-0.39, 0.29) is 11.4 Å². The number of amides is 2. The summed E-state index contributed by atoms with van der Waals surface area (Å²) in [5, 5.41) is 0. The lowest BCUT2D eigenvalue weighted by Crippen LogP contribution is -2.29. The smallest absolute Gasteiger partial charge is 0.258 e. The third-order valence-corrected chi connectivity index (χ3v) is 2.10. The van der Waals surface area contributed by atoms with Crippen LogP contribution in [0.1, 0.15) is 0 Å². The molecule has 0 bridgehead atoms. The molecule has 0 aromatic heterocycles. The van der Waals surface area contributed by atoms with Gasteiger partial charge in [0.1, 0.15) is 5.69 Å². The SMILES string of the molecule is O=C=Nc1ccccc1N1C(=O)C=CC1=O. The molecule has 1 aromatic carbocycles. The first-order valence-electron chi connectivity index (χ1n) is 4.47. The fourth-order valence-electron chi connectivity index (χ4n) is 1.43. The van der Waals surface area contributed by atoms with E-state index in [4.69, 9.17) is 0 Å². The summed E-state index contributed by atoms with van der Waals surface area (Å²) in [6.07, 6.45) is 3.72. The highest BCUT2D eigenvalue weighted by Crippen LogP contribution is 2.29. The molecule has 5 nitrogen and oxygen atoms in total. The number of nitrogens with zero attached hydrogens (tertiary/aromatic N) is 2. The van der Waals surface area contributed by atoms with E-state index in [1.54, 1.807) is 18.2 Å². The van der Waals surface area contributed by atoms with E-state index in [2.05, 4.69) is 4.99 Å². The van der Waals surface area contributed by atoms with Gasteiger partial charge in [-0.25, -0.2) is 9.69 Å². The van der Waals surface area contributed by atoms with Crippen LogP contribution >= 0.6 is 0 Å². The molecular formula is C11H6N2O3. The van der Waals surface area contributed by atoms with Gasteiger partial charge in [0.15, 0.2) is 0 Å². The van der Waals surface area contributed by atoms with E-state index in [9.17, 15) is 14.4 Å². The van der Waals surface area contributed by atoms with Gasteiger partial charge in [-0.05, 0) is 12.1 Å². The summed E-state index contributed by atoms with van der Waals surface area (Å²) in [6.45, 7) is 0. The maximum absolute atomic E-state index is 11.4. The van der Waals surface area contributed by atoms with Crippen LogP contribution in [0.4, 0.5) is 11.4 Å². The van der Waals surface area contributed by atoms with Gasteiger partial charge in [-0.2, -0.15) is 4.99 Å². The van der Waals surface area contributed by atoms with Gasteiger partial charge in [-0.1, -0.05) is 12.1 Å². The Morgan fingerprint density at radius 3 is 2.31 bits per heavy atom. The molecule has 0 saturated heterocycles. The number of hydrogen-bond acceptors (Lipinski definition) is 4. The van der Waals surface area contributed by atoms with Crippen molar-refractivity contribution in [3.05, 3.63) is 36.4 Å². The largest absolute Gasteiger partial charge is 0.269 e. The van der Waals surface area contributed by atoms with Crippen molar-refractivity contribution in [1.82, 2.24) is 0 Å². The zero-order chi connectivity index (χ0) is 11.5. The molecule has 1 aromatic rings. The zero-order valence-corrected chi connectivity index (χ0v) is 8.08. The fraction of sp³-hybridized carbons (Fsp3) is 0. The lowest BCUT2D eigenvalue weighted by molar-refractivity contribution is -0.119. The normalized spacial score (nSPS) is 14.1. The number of imide groups is 1. The van der Waals surface area contributed by atoms with Crippen LogP contribution in [0, 0.1) is 0 Å². The van der Waals surface area contributed by atoms with Crippen molar-refractivity contribution < 1.29 is 14.4 Å². The summed E-state index contributed by atoms with van der Waals surface area (Å²) < 4.78 is 0. The molecule has 2 amide bonds. The number of aliphatic imine (C=N–C) groups is 1. The Kier molecular flexibility index (Phi) is 2.45. The van der Waals surface area contributed by atoms with Crippen LogP contribution in [0.3, 0.4) is 0 Å². The summed E-state index contributed by atoms with van der Waals surface area (Å²) in [5.41, 5.74) is 0.522. The topological polar surface area (TPSA) is 66.8 Å². The van der Waals surface area contributed by atoms with Crippen molar-refractivity contribution in [2.45, 2.75) is 0 Å². The van der Waals surface area contributed by atoms with Crippen molar-refractivity contribution in [3.63, 3.8) is 0 Å². The summed E-state index contributed by atoms with van der Waals surface area (Å²) >= 11 is 0. The Hall–Kier alpha value is -2.52. The van der Waals surface area contributed by atoms with E-state index >= 15 is 0 Å². The lowest BCUT2D eigenvalue weighted by atomic mass is 10.2. The number of hydrogen-bond donors (Lipinski definition) is 0. The van der Waals surface area contributed by atoms with Crippen LogP contribution < -0.4 is 4.90 Å². The Balaban J connectivity index is 2.52. The van der Waals surface area contributed by atoms with Gasteiger partial charge < -0.3 is 0 Å². The molecule has 16 heavy (non-hydrogen) atoms. The van der Waals surface area contributed by atoms with Crippen molar-refractivity contribution in [2.24, 2.45) is 4.99 Å². The van der Waals surface area contributed by atoms with E-state index in [1.165, 1.54) is 24.3 Å². The molecule has 0 atom stereocenters. The van der Waals surface area contributed by atoms with Crippen LogP contribution in [0.2, 0.25) is 0 Å². The van der Waals surface area contributed by atoms with Gasteiger partial charge in [0.2, 0.25) is 6.08 Å². The monoisotopic (exact) mass is 214 g/mol. The van der Waals surface area contributed by atoms with Crippen LogP contribution in [0.15, 0.2) is 41.4 Å². The number of anilines is 1. The van der Waals surface area contributed by atoms with Gasteiger partial charge >= 0.3 is 0 Å². The van der Waals surface area contributed by atoms with Gasteiger partial charge in [-0.15, -0.1) is 0 Å². The van der Waals surface area contributed by atoms with E-state index in [0.29, 0.717) is 0 Å². The molecule has 78 valence electrons. The molecule has 0 unspecified atom stereocenters. The summed E-state index contributed by atoms with van der Waals surface area (Å²) in [4.78, 5) is 37.4. The van der Waals surface area contributed by atoms with Crippen molar-refractivity contribution in [1.29, 1.82) is 0 Å². The molecular weight excluding hydrogens is 208 g/mol. The van der Waals surface area contributed by atoms with E-state index in [1.807, 2.05) is 0 Å². The average molecular weight is 214 g/mol. The Morgan fingerprint density at radius 2 is 1.69 bits per heavy atom. The van der Waals surface area contributed by atoms with Gasteiger partial charge in [-0.3, -0.25) is 9.59 Å². The number of rotatable bonds is 2. The van der Waals surface area contributed by atoms with E-state index < -0.39 is 11.8 Å². The van der Waals surface area contributed by atoms with Crippen LogP contribution in [0.5, 0.6) is 0 Å². The maximum Gasteiger partial charge on any atom is 0.258 e.